The molecule has 1 saturated heterocycles. The zero-order chi connectivity index (χ0) is 11.5. The van der Waals surface area contributed by atoms with Crippen molar-refractivity contribution in [2.75, 3.05) is 18.8 Å². The molecular formula is C10H15FN4O. The van der Waals surface area contributed by atoms with Crippen LogP contribution in [0.3, 0.4) is 0 Å². The smallest absolute Gasteiger partial charge is 0.350 e. The first-order valence-electron chi connectivity index (χ1n) is 5.41. The molecule has 6 heteroatoms. The minimum atomic E-state index is -0.642. The number of nitrogens with two attached hydrogens (primary N) is 1. The summed E-state index contributed by atoms with van der Waals surface area (Å²) in [5, 5.41) is 0. The second kappa shape index (κ2) is 4.61. The summed E-state index contributed by atoms with van der Waals surface area (Å²) >= 11 is 0. The first kappa shape index (κ1) is 11.1. The largest absolute Gasteiger partial charge is 0.382 e. The summed E-state index contributed by atoms with van der Waals surface area (Å²) < 4.78 is 14.3. The molecule has 0 aliphatic carbocycles. The Balaban J connectivity index is 2.20. The predicted octanol–water partition coefficient (Wildman–Crippen LogP) is 0.408. The van der Waals surface area contributed by atoms with Crippen molar-refractivity contribution in [3.63, 3.8) is 0 Å². The zero-order valence-corrected chi connectivity index (χ0v) is 9.03. The molecule has 0 amide bonds. The number of halogens is 1. The predicted molar refractivity (Wildman–Crippen MR) is 58.3 cm³/mol. The number of hydrogen-bond acceptors (Lipinski definition) is 4. The molecule has 88 valence electrons. The summed E-state index contributed by atoms with van der Waals surface area (Å²) in [6.07, 6.45) is 4.29. The molecule has 0 radical (unpaired) electrons. The van der Waals surface area contributed by atoms with E-state index in [2.05, 4.69) is 9.88 Å². The van der Waals surface area contributed by atoms with Crippen molar-refractivity contribution in [3.8, 4) is 0 Å². The Morgan fingerprint density at radius 1 is 1.38 bits per heavy atom. The maximum absolute atomic E-state index is 13.1. The highest BCUT2D eigenvalue weighted by Crippen LogP contribution is 2.11. The summed E-state index contributed by atoms with van der Waals surface area (Å²) in [6, 6.07) is 0. The second-order valence-electron chi connectivity index (χ2n) is 4.02. The van der Waals surface area contributed by atoms with Crippen molar-refractivity contribution in [3.05, 3.63) is 22.5 Å². The molecule has 2 N–H and O–H groups in total. The summed E-state index contributed by atoms with van der Waals surface area (Å²) in [6.45, 7) is 2.17. The van der Waals surface area contributed by atoms with Gasteiger partial charge < -0.3 is 5.73 Å². The molecular weight excluding hydrogens is 211 g/mol. The maximum atomic E-state index is 13.1. The molecule has 0 bridgehead atoms. The lowest BCUT2D eigenvalue weighted by Crippen LogP contribution is -2.37. The Kier molecular flexibility index (Phi) is 3.19. The Labute approximate surface area is 92.7 Å². The topological polar surface area (TPSA) is 64.1 Å². The molecule has 1 fully saturated rings. The summed E-state index contributed by atoms with van der Waals surface area (Å²) in [7, 11) is 0. The van der Waals surface area contributed by atoms with E-state index in [4.69, 9.17) is 5.73 Å². The summed E-state index contributed by atoms with van der Waals surface area (Å²) in [4.78, 5) is 17.0. The molecule has 2 rings (SSSR count). The van der Waals surface area contributed by atoms with E-state index in [1.165, 1.54) is 11.0 Å². The van der Waals surface area contributed by atoms with Gasteiger partial charge in [-0.3, -0.25) is 9.47 Å². The standard InChI is InChI=1S/C10H15FN4O/c11-8-6-13-10(16)15(9(8)12)7-14-4-2-1-3-5-14/h6H,1-5,7,12H2. The second-order valence-corrected chi connectivity index (χ2v) is 4.02. The fraction of sp³-hybridized carbons (Fsp3) is 0.600. The number of rotatable bonds is 2. The van der Waals surface area contributed by atoms with Gasteiger partial charge in [0.25, 0.3) is 0 Å². The van der Waals surface area contributed by atoms with E-state index in [1.54, 1.807) is 0 Å². The third-order valence-electron chi connectivity index (χ3n) is 2.84. The van der Waals surface area contributed by atoms with Gasteiger partial charge in [0.05, 0.1) is 12.9 Å². The molecule has 0 saturated carbocycles. The average Bonchev–Trinajstić information content (AvgIpc) is 2.31. The van der Waals surface area contributed by atoms with Crippen LogP contribution in [0.5, 0.6) is 0 Å². The van der Waals surface area contributed by atoms with Crippen molar-refractivity contribution in [1.29, 1.82) is 0 Å². The van der Waals surface area contributed by atoms with E-state index < -0.39 is 11.5 Å². The van der Waals surface area contributed by atoms with Gasteiger partial charge in [0, 0.05) is 0 Å². The Morgan fingerprint density at radius 2 is 2.06 bits per heavy atom. The third-order valence-corrected chi connectivity index (χ3v) is 2.84. The SMILES string of the molecule is Nc1c(F)cnc(=O)n1CN1CCCCC1. The van der Waals surface area contributed by atoms with Gasteiger partial charge in [-0.15, -0.1) is 0 Å². The number of likely N-dealkylation sites (tertiary alicyclic amines) is 1. The first-order valence-corrected chi connectivity index (χ1v) is 5.41. The number of piperidine rings is 1. The maximum Gasteiger partial charge on any atom is 0.350 e. The Hall–Kier alpha value is -1.43. The highest BCUT2D eigenvalue weighted by Gasteiger charge is 2.14. The van der Waals surface area contributed by atoms with Crippen LogP contribution in [0.2, 0.25) is 0 Å². The Bertz CT molecular complexity index is 425. The number of hydrogen-bond donors (Lipinski definition) is 1. The number of anilines is 1. The molecule has 1 aliphatic rings. The first-order chi connectivity index (χ1) is 7.68. The van der Waals surface area contributed by atoms with Gasteiger partial charge in [0.15, 0.2) is 5.82 Å². The fourth-order valence-corrected chi connectivity index (χ4v) is 1.92. The quantitative estimate of drug-likeness (QED) is 0.793. The van der Waals surface area contributed by atoms with Crippen molar-refractivity contribution in [1.82, 2.24) is 14.5 Å². The van der Waals surface area contributed by atoms with E-state index in [1.807, 2.05) is 0 Å². The molecule has 0 unspecified atom stereocenters. The van der Waals surface area contributed by atoms with Crippen LogP contribution in [0.25, 0.3) is 0 Å². The van der Waals surface area contributed by atoms with Gasteiger partial charge in [0.1, 0.15) is 5.82 Å². The highest BCUT2D eigenvalue weighted by molar-refractivity contribution is 5.28. The van der Waals surface area contributed by atoms with E-state index >= 15 is 0 Å². The monoisotopic (exact) mass is 226 g/mol. The molecule has 2 heterocycles. The molecule has 16 heavy (non-hydrogen) atoms. The van der Waals surface area contributed by atoms with Crippen LogP contribution >= 0.6 is 0 Å². The minimum absolute atomic E-state index is 0.134. The van der Waals surface area contributed by atoms with Crippen LogP contribution in [0.4, 0.5) is 10.2 Å². The van der Waals surface area contributed by atoms with E-state index in [9.17, 15) is 9.18 Å². The lowest BCUT2D eigenvalue weighted by molar-refractivity contribution is 0.179. The van der Waals surface area contributed by atoms with Gasteiger partial charge >= 0.3 is 5.69 Å². The fourth-order valence-electron chi connectivity index (χ4n) is 1.92. The molecule has 0 aromatic carbocycles. The average molecular weight is 226 g/mol. The number of nitrogens with zero attached hydrogens (tertiary/aromatic N) is 3. The van der Waals surface area contributed by atoms with Crippen molar-refractivity contribution in [2.45, 2.75) is 25.9 Å². The van der Waals surface area contributed by atoms with Gasteiger partial charge in [-0.25, -0.2) is 9.18 Å². The van der Waals surface area contributed by atoms with Gasteiger partial charge in [-0.05, 0) is 25.9 Å². The molecule has 1 aliphatic heterocycles. The molecule has 0 spiro atoms. The number of nitrogen functional groups attached to an aromatic ring is 1. The lowest BCUT2D eigenvalue weighted by Gasteiger charge is -2.27. The van der Waals surface area contributed by atoms with Crippen LogP contribution in [-0.4, -0.2) is 27.5 Å². The molecule has 1 aromatic rings. The highest BCUT2D eigenvalue weighted by atomic mass is 19.1. The van der Waals surface area contributed by atoms with E-state index in [0.29, 0.717) is 6.67 Å². The number of aromatic nitrogens is 2. The van der Waals surface area contributed by atoms with Crippen molar-refractivity contribution >= 4 is 5.82 Å². The van der Waals surface area contributed by atoms with Gasteiger partial charge in [0.2, 0.25) is 0 Å². The molecule has 0 atom stereocenters. The lowest BCUT2D eigenvalue weighted by atomic mass is 10.1. The summed E-state index contributed by atoms with van der Waals surface area (Å²) in [5.41, 5.74) is 5.03. The normalized spacial score (nSPS) is 17.6. The minimum Gasteiger partial charge on any atom is -0.382 e. The zero-order valence-electron chi connectivity index (χ0n) is 9.03. The van der Waals surface area contributed by atoms with Gasteiger partial charge in [-0.2, -0.15) is 4.98 Å². The molecule has 5 nitrogen and oxygen atoms in total. The van der Waals surface area contributed by atoms with Crippen LogP contribution in [0, 0.1) is 5.82 Å². The van der Waals surface area contributed by atoms with E-state index in [-0.39, 0.29) is 5.82 Å². The van der Waals surface area contributed by atoms with Crippen LogP contribution in [0.1, 0.15) is 19.3 Å². The van der Waals surface area contributed by atoms with E-state index in [0.717, 1.165) is 32.1 Å². The van der Waals surface area contributed by atoms with Gasteiger partial charge in [-0.1, -0.05) is 6.42 Å². The van der Waals surface area contributed by atoms with Crippen LogP contribution < -0.4 is 11.4 Å². The van der Waals surface area contributed by atoms with Crippen molar-refractivity contribution < 1.29 is 4.39 Å². The molecule has 1 aromatic heterocycles. The Morgan fingerprint density at radius 3 is 2.75 bits per heavy atom. The van der Waals surface area contributed by atoms with Crippen LogP contribution in [0.15, 0.2) is 11.0 Å². The summed E-state index contributed by atoms with van der Waals surface area (Å²) in [5.74, 6) is -0.776. The van der Waals surface area contributed by atoms with Crippen LogP contribution in [-0.2, 0) is 6.67 Å². The third kappa shape index (κ3) is 2.21. The van der Waals surface area contributed by atoms with Crippen molar-refractivity contribution in [2.24, 2.45) is 0 Å².